The molecule has 0 fully saturated rings. The Kier molecular flexibility index (Phi) is 3.55. The van der Waals surface area contributed by atoms with Crippen LogP contribution < -0.4 is 10.1 Å². The lowest BCUT2D eigenvalue weighted by Crippen LogP contribution is -2.24. The maximum atomic E-state index is 12.0. The molecule has 0 aliphatic carbocycles. The smallest absolute Gasteiger partial charge is 0.225 e. The molecule has 1 aromatic carbocycles. The molecule has 2 heterocycles. The number of fused-ring (bicyclic) bond motifs is 1. The van der Waals surface area contributed by atoms with E-state index < -0.39 is 0 Å². The van der Waals surface area contributed by atoms with E-state index in [9.17, 15) is 4.79 Å². The predicted molar refractivity (Wildman–Crippen MR) is 82.1 cm³/mol. The first-order valence-electron chi connectivity index (χ1n) is 6.68. The van der Waals surface area contributed by atoms with Gasteiger partial charge in [-0.15, -0.1) is 0 Å². The van der Waals surface area contributed by atoms with Gasteiger partial charge in [0, 0.05) is 36.5 Å². The molecule has 0 radical (unpaired) electrons. The van der Waals surface area contributed by atoms with Gasteiger partial charge in [-0.2, -0.15) is 0 Å². The molecule has 0 bridgehead atoms. The van der Waals surface area contributed by atoms with Gasteiger partial charge in [-0.25, -0.2) is 0 Å². The second-order valence-electron chi connectivity index (χ2n) is 5.11. The Balaban J connectivity index is 2.16. The van der Waals surface area contributed by atoms with Crippen molar-refractivity contribution in [3.05, 3.63) is 52.3 Å². The van der Waals surface area contributed by atoms with Gasteiger partial charge in [-0.3, -0.25) is 9.78 Å². The Morgan fingerprint density at radius 2 is 2.19 bits per heavy atom. The fourth-order valence-corrected chi connectivity index (χ4v) is 3.02. The first-order valence-corrected chi connectivity index (χ1v) is 7.05. The highest BCUT2D eigenvalue weighted by molar-refractivity contribution is 6.31. The maximum Gasteiger partial charge on any atom is 0.225 e. The SMILES string of the molecule is COc1cc2c(cc1C)C(c1ccncc1Cl)CC(=O)N2. The molecule has 108 valence electrons. The third-order valence-corrected chi connectivity index (χ3v) is 4.10. The molecule has 1 atom stereocenters. The number of carbonyl (C=O) groups excluding carboxylic acids is 1. The Labute approximate surface area is 128 Å². The van der Waals surface area contributed by atoms with Crippen LogP contribution in [0, 0.1) is 6.92 Å². The van der Waals surface area contributed by atoms with Crippen LogP contribution in [0.15, 0.2) is 30.6 Å². The third-order valence-electron chi connectivity index (χ3n) is 3.79. The van der Waals surface area contributed by atoms with Crippen molar-refractivity contribution in [2.24, 2.45) is 0 Å². The number of ether oxygens (including phenoxy) is 1. The fourth-order valence-electron chi connectivity index (χ4n) is 2.77. The van der Waals surface area contributed by atoms with Crippen LogP contribution in [0.3, 0.4) is 0 Å². The molecule has 2 aromatic rings. The van der Waals surface area contributed by atoms with E-state index in [-0.39, 0.29) is 11.8 Å². The summed E-state index contributed by atoms with van der Waals surface area (Å²) in [6.45, 7) is 1.99. The van der Waals surface area contributed by atoms with Crippen LogP contribution in [0.25, 0.3) is 0 Å². The quantitative estimate of drug-likeness (QED) is 0.923. The summed E-state index contributed by atoms with van der Waals surface area (Å²) in [5.41, 5.74) is 3.79. The molecular formula is C16H15ClN2O2. The standard InChI is InChI=1S/C16H15ClN2O2/c1-9-5-12-11(10-3-4-18-8-13(10)17)6-16(20)19-14(12)7-15(9)21-2/h3-5,7-8,11H,6H2,1-2H3,(H,19,20). The van der Waals surface area contributed by atoms with Gasteiger partial charge in [0.2, 0.25) is 5.91 Å². The largest absolute Gasteiger partial charge is 0.496 e. The zero-order chi connectivity index (χ0) is 15.0. The molecule has 1 aliphatic rings. The molecule has 4 nitrogen and oxygen atoms in total. The average molecular weight is 303 g/mol. The van der Waals surface area contributed by atoms with Crippen LogP contribution in [0.5, 0.6) is 5.75 Å². The lowest BCUT2D eigenvalue weighted by atomic mass is 9.84. The van der Waals surface area contributed by atoms with Crippen molar-refractivity contribution in [2.45, 2.75) is 19.3 Å². The van der Waals surface area contributed by atoms with Crippen molar-refractivity contribution in [1.82, 2.24) is 4.98 Å². The van der Waals surface area contributed by atoms with Crippen LogP contribution in [-0.2, 0) is 4.79 Å². The molecule has 1 unspecified atom stereocenters. The summed E-state index contributed by atoms with van der Waals surface area (Å²) >= 11 is 6.25. The number of benzene rings is 1. The summed E-state index contributed by atoms with van der Waals surface area (Å²) in [5, 5.41) is 3.48. The van der Waals surface area contributed by atoms with Gasteiger partial charge in [0.25, 0.3) is 0 Å². The molecular weight excluding hydrogens is 288 g/mol. The summed E-state index contributed by atoms with van der Waals surface area (Å²) in [5.74, 6) is 0.677. The topological polar surface area (TPSA) is 51.2 Å². The molecule has 1 aliphatic heterocycles. The van der Waals surface area contributed by atoms with E-state index in [1.54, 1.807) is 19.5 Å². The molecule has 21 heavy (non-hydrogen) atoms. The minimum absolute atomic E-state index is 0.0220. The van der Waals surface area contributed by atoms with Gasteiger partial charge in [0.15, 0.2) is 0 Å². The van der Waals surface area contributed by atoms with Crippen LogP contribution in [0.1, 0.15) is 29.0 Å². The summed E-state index contributed by atoms with van der Waals surface area (Å²) in [7, 11) is 1.62. The number of anilines is 1. The number of rotatable bonds is 2. The number of halogens is 1. The van der Waals surface area contributed by atoms with E-state index in [0.29, 0.717) is 11.4 Å². The number of aromatic nitrogens is 1. The number of methoxy groups -OCH3 is 1. The van der Waals surface area contributed by atoms with Gasteiger partial charge in [0.05, 0.1) is 12.1 Å². The normalized spacial score (nSPS) is 17.1. The number of carbonyl (C=O) groups is 1. The van der Waals surface area contributed by atoms with Gasteiger partial charge >= 0.3 is 0 Å². The summed E-state index contributed by atoms with van der Waals surface area (Å²) in [4.78, 5) is 16.0. The van der Waals surface area contributed by atoms with E-state index >= 15 is 0 Å². The van der Waals surface area contributed by atoms with E-state index in [1.807, 2.05) is 19.1 Å². The lowest BCUT2D eigenvalue weighted by Gasteiger charge is -2.27. The number of hydrogen-bond acceptors (Lipinski definition) is 3. The van der Waals surface area contributed by atoms with Gasteiger partial charge < -0.3 is 10.1 Å². The second kappa shape index (κ2) is 5.37. The minimum atomic E-state index is -0.0612. The highest BCUT2D eigenvalue weighted by atomic mass is 35.5. The van der Waals surface area contributed by atoms with Crippen LogP contribution in [0.2, 0.25) is 5.02 Å². The van der Waals surface area contributed by atoms with E-state index in [1.165, 1.54) is 0 Å². The monoisotopic (exact) mass is 302 g/mol. The summed E-state index contributed by atoms with van der Waals surface area (Å²) in [6, 6.07) is 5.79. The Morgan fingerprint density at radius 1 is 1.38 bits per heavy atom. The van der Waals surface area contributed by atoms with E-state index in [0.717, 1.165) is 28.1 Å². The first kappa shape index (κ1) is 13.9. The van der Waals surface area contributed by atoms with Gasteiger partial charge in [-0.05, 0) is 35.7 Å². The Hall–Kier alpha value is -2.07. The number of nitrogens with one attached hydrogen (secondary N) is 1. The van der Waals surface area contributed by atoms with Crippen molar-refractivity contribution in [3.63, 3.8) is 0 Å². The highest BCUT2D eigenvalue weighted by Gasteiger charge is 2.28. The van der Waals surface area contributed by atoms with Gasteiger partial charge in [-0.1, -0.05) is 11.6 Å². The summed E-state index contributed by atoms with van der Waals surface area (Å²) < 4.78 is 5.32. The van der Waals surface area contributed by atoms with Crippen LogP contribution in [-0.4, -0.2) is 18.0 Å². The number of pyridine rings is 1. The van der Waals surface area contributed by atoms with Crippen molar-refractivity contribution in [1.29, 1.82) is 0 Å². The molecule has 0 saturated carbocycles. The predicted octanol–water partition coefficient (Wildman–Crippen LogP) is 3.53. The Morgan fingerprint density at radius 3 is 2.90 bits per heavy atom. The van der Waals surface area contributed by atoms with E-state index in [2.05, 4.69) is 16.4 Å². The third kappa shape index (κ3) is 2.47. The van der Waals surface area contributed by atoms with E-state index in [4.69, 9.17) is 16.3 Å². The first-order chi connectivity index (χ1) is 10.1. The van der Waals surface area contributed by atoms with Gasteiger partial charge in [0.1, 0.15) is 5.75 Å². The molecule has 0 saturated heterocycles. The average Bonchev–Trinajstić information content (AvgIpc) is 2.47. The second-order valence-corrected chi connectivity index (χ2v) is 5.52. The van der Waals surface area contributed by atoms with Crippen molar-refractivity contribution in [2.75, 3.05) is 12.4 Å². The maximum absolute atomic E-state index is 12.0. The number of nitrogens with zero attached hydrogens (tertiary/aromatic N) is 1. The molecule has 1 N–H and O–H groups in total. The fraction of sp³-hybridized carbons (Fsp3) is 0.250. The summed E-state index contributed by atoms with van der Waals surface area (Å²) in [6.07, 6.45) is 3.69. The van der Waals surface area contributed by atoms with Crippen molar-refractivity contribution < 1.29 is 9.53 Å². The molecule has 0 spiro atoms. The van der Waals surface area contributed by atoms with Crippen molar-refractivity contribution >= 4 is 23.2 Å². The zero-order valence-corrected chi connectivity index (χ0v) is 12.6. The number of hydrogen-bond donors (Lipinski definition) is 1. The molecule has 1 aromatic heterocycles. The molecule has 1 amide bonds. The lowest BCUT2D eigenvalue weighted by molar-refractivity contribution is -0.116. The highest BCUT2D eigenvalue weighted by Crippen LogP contribution is 2.41. The zero-order valence-electron chi connectivity index (χ0n) is 11.8. The van der Waals surface area contributed by atoms with Crippen LogP contribution in [0.4, 0.5) is 5.69 Å². The minimum Gasteiger partial charge on any atom is -0.496 e. The number of aryl methyl sites for hydroxylation is 1. The number of amides is 1. The molecule has 5 heteroatoms. The van der Waals surface area contributed by atoms with Crippen molar-refractivity contribution in [3.8, 4) is 5.75 Å². The Bertz CT molecular complexity index is 715. The molecule has 3 rings (SSSR count). The van der Waals surface area contributed by atoms with Crippen LogP contribution >= 0.6 is 11.6 Å².